The predicted octanol–water partition coefficient (Wildman–Crippen LogP) is 1.93. The number of allylic oxidation sites excluding steroid dienone is 1. The monoisotopic (exact) mass is 300 g/mol. The molecule has 6 nitrogen and oxygen atoms in total. The molecule has 3 saturated heterocycles. The van der Waals surface area contributed by atoms with E-state index < -0.39 is 17.9 Å². The fourth-order valence-electron chi connectivity index (χ4n) is 3.00. The van der Waals surface area contributed by atoms with Gasteiger partial charge in [0.05, 0.1) is 12.9 Å². The number of rotatable bonds is 3. The standard InChI is InChI=1S/C15H24O6/c1-6-7-16-11-10(9-8-17-14(2,3)19-9)18-13-12(11)20-15(4,5)21-13/h6-7,9-13H,8H2,1-5H3/b7-6+/t9-,10-,11-,12+,13-/m0/s1. The molecule has 5 atom stereocenters. The molecule has 0 N–H and O–H groups in total. The zero-order chi connectivity index (χ0) is 15.3. The molecule has 0 aliphatic carbocycles. The highest BCUT2D eigenvalue weighted by Gasteiger charge is 2.59. The average Bonchev–Trinajstić information content (AvgIpc) is 2.96. The summed E-state index contributed by atoms with van der Waals surface area (Å²) in [6, 6.07) is 0. The Bertz CT molecular complexity index is 418. The minimum Gasteiger partial charge on any atom is -0.493 e. The lowest BCUT2D eigenvalue weighted by Gasteiger charge is -2.28. The van der Waals surface area contributed by atoms with E-state index >= 15 is 0 Å². The van der Waals surface area contributed by atoms with Gasteiger partial charge in [-0.2, -0.15) is 0 Å². The number of fused-ring (bicyclic) bond motifs is 1. The minimum absolute atomic E-state index is 0.198. The fraction of sp³-hybridized carbons (Fsp3) is 0.867. The third-order valence-electron chi connectivity index (χ3n) is 3.80. The van der Waals surface area contributed by atoms with Crippen LogP contribution >= 0.6 is 0 Å². The summed E-state index contributed by atoms with van der Waals surface area (Å²) in [5.41, 5.74) is 0. The number of ether oxygens (including phenoxy) is 6. The van der Waals surface area contributed by atoms with Crippen molar-refractivity contribution in [1.29, 1.82) is 0 Å². The molecule has 0 amide bonds. The van der Waals surface area contributed by atoms with Crippen molar-refractivity contribution >= 4 is 0 Å². The van der Waals surface area contributed by atoms with Gasteiger partial charge in [0.15, 0.2) is 30.1 Å². The van der Waals surface area contributed by atoms with Gasteiger partial charge in [-0.05, 0) is 34.6 Å². The lowest BCUT2D eigenvalue weighted by atomic mass is 10.1. The van der Waals surface area contributed by atoms with E-state index in [1.807, 2.05) is 40.7 Å². The molecule has 0 aromatic heterocycles. The van der Waals surface area contributed by atoms with Gasteiger partial charge in [0, 0.05) is 0 Å². The number of hydrogen-bond acceptors (Lipinski definition) is 6. The first-order chi connectivity index (χ1) is 9.81. The molecule has 0 spiro atoms. The molecule has 3 aliphatic heterocycles. The Morgan fingerprint density at radius 3 is 2.38 bits per heavy atom. The van der Waals surface area contributed by atoms with Crippen molar-refractivity contribution < 1.29 is 28.4 Å². The molecule has 0 saturated carbocycles. The summed E-state index contributed by atoms with van der Waals surface area (Å²) in [6.45, 7) is 9.89. The maximum atomic E-state index is 6.00. The summed E-state index contributed by atoms with van der Waals surface area (Å²) in [5.74, 6) is -1.26. The van der Waals surface area contributed by atoms with E-state index in [1.165, 1.54) is 0 Å². The van der Waals surface area contributed by atoms with Crippen molar-refractivity contribution in [3.05, 3.63) is 12.3 Å². The van der Waals surface area contributed by atoms with Crippen molar-refractivity contribution in [1.82, 2.24) is 0 Å². The Morgan fingerprint density at radius 2 is 1.76 bits per heavy atom. The van der Waals surface area contributed by atoms with Gasteiger partial charge in [-0.3, -0.25) is 0 Å². The van der Waals surface area contributed by atoms with Gasteiger partial charge >= 0.3 is 0 Å². The summed E-state index contributed by atoms with van der Waals surface area (Å²) in [5, 5.41) is 0. The second kappa shape index (κ2) is 5.21. The van der Waals surface area contributed by atoms with Gasteiger partial charge in [-0.1, -0.05) is 6.08 Å². The molecule has 0 unspecified atom stereocenters. The van der Waals surface area contributed by atoms with E-state index in [9.17, 15) is 0 Å². The molecule has 3 aliphatic rings. The van der Waals surface area contributed by atoms with Gasteiger partial charge in [0.2, 0.25) is 0 Å². The maximum absolute atomic E-state index is 6.00. The van der Waals surface area contributed by atoms with Crippen LogP contribution in [0.5, 0.6) is 0 Å². The lowest BCUT2D eigenvalue weighted by molar-refractivity contribution is -0.232. The van der Waals surface area contributed by atoms with Crippen LogP contribution in [0.1, 0.15) is 34.6 Å². The van der Waals surface area contributed by atoms with Crippen LogP contribution in [0, 0.1) is 0 Å². The quantitative estimate of drug-likeness (QED) is 0.742. The van der Waals surface area contributed by atoms with Crippen LogP contribution in [0.15, 0.2) is 12.3 Å². The Balaban J connectivity index is 1.75. The van der Waals surface area contributed by atoms with Crippen molar-refractivity contribution in [2.45, 2.75) is 76.9 Å². The average molecular weight is 300 g/mol. The largest absolute Gasteiger partial charge is 0.493 e. The van der Waals surface area contributed by atoms with E-state index in [2.05, 4.69) is 0 Å². The van der Waals surface area contributed by atoms with Crippen molar-refractivity contribution in [2.75, 3.05) is 6.61 Å². The molecule has 3 rings (SSSR count). The lowest BCUT2D eigenvalue weighted by Crippen LogP contribution is -2.43. The molecule has 3 heterocycles. The zero-order valence-electron chi connectivity index (χ0n) is 13.2. The molecule has 0 radical (unpaired) electrons. The van der Waals surface area contributed by atoms with Gasteiger partial charge in [-0.15, -0.1) is 0 Å². The van der Waals surface area contributed by atoms with Gasteiger partial charge in [-0.25, -0.2) is 0 Å². The fourth-order valence-corrected chi connectivity index (χ4v) is 3.00. The summed E-state index contributed by atoms with van der Waals surface area (Å²) < 4.78 is 35.0. The Labute approximate surface area is 125 Å². The second-order valence-electron chi connectivity index (χ2n) is 6.51. The first-order valence-electron chi connectivity index (χ1n) is 7.41. The van der Waals surface area contributed by atoms with Crippen LogP contribution in [0.2, 0.25) is 0 Å². The minimum atomic E-state index is -0.663. The predicted molar refractivity (Wildman–Crippen MR) is 73.3 cm³/mol. The van der Waals surface area contributed by atoms with Gasteiger partial charge < -0.3 is 28.4 Å². The summed E-state index contributed by atoms with van der Waals surface area (Å²) in [7, 11) is 0. The molecule has 0 aromatic carbocycles. The summed E-state index contributed by atoms with van der Waals surface area (Å²) >= 11 is 0. The topological polar surface area (TPSA) is 55.4 Å². The van der Waals surface area contributed by atoms with E-state index in [0.29, 0.717) is 6.61 Å². The number of hydrogen-bond donors (Lipinski definition) is 0. The third kappa shape index (κ3) is 2.96. The smallest absolute Gasteiger partial charge is 0.191 e. The maximum Gasteiger partial charge on any atom is 0.191 e. The molecule has 3 fully saturated rings. The van der Waals surface area contributed by atoms with E-state index in [4.69, 9.17) is 28.4 Å². The normalized spacial score (nSPS) is 44.3. The summed E-state index contributed by atoms with van der Waals surface area (Å²) in [4.78, 5) is 0. The first kappa shape index (κ1) is 15.2. The highest BCUT2D eigenvalue weighted by molar-refractivity contribution is 4.99. The van der Waals surface area contributed by atoms with Gasteiger partial charge in [0.1, 0.15) is 12.2 Å². The molecule has 120 valence electrons. The molecular formula is C15H24O6. The van der Waals surface area contributed by atoms with Crippen LogP contribution in [0.3, 0.4) is 0 Å². The Hall–Kier alpha value is -0.660. The molecular weight excluding hydrogens is 276 g/mol. The van der Waals surface area contributed by atoms with Crippen LogP contribution in [0.4, 0.5) is 0 Å². The first-order valence-corrected chi connectivity index (χ1v) is 7.41. The zero-order valence-corrected chi connectivity index (χ0v) is 13.2. The van der Waals surface area contributed by atoms with E-state index in [1.54, 1.807) is 6.26 Å². The highest BCUT2D eigenvalue weighted by Crippen LogP contribution is 2.41. The Kier molecular flexibility index (Phi) is 3.78. The SMILES string of the molecule is C/C=C/O[C@H]1[C@H]([C@@H]2COC(C)(C)O2)O[C@H]2OC(C)(C)O[C@@H]21. The van der Waals surface area contributed by atoms with Crippen molar-refractivity contribution in [3.63, 3.8) is 0 Å². The summed E-state index contributed by atoms with van der Waals surface area (Å²) in [6.07, 6.45) is 2.02. The van der Waals surface area contributed by atoms with Crippen LogP contribution in [-0.4, -0.2) is 48.9 Å². The van der Waals surface area contributed by atoms with E-state index in [0.717, 1.165) is 0 Å². The van der Waals surface area contributed by atoms with E-state index in [-0.39, 0.29) is 24.4 Å². The third-order valence-corrected chi connectivity index (χ3v) is 3.80. The Morgan fingerprint density at radius 1 is 1.00 bits per heavy atom. The molecule has 6 heteroatoms. The highest BCUT2D eigenvalue weighted by atomic mass is 16.8. The molecule has 21 heavy (non-hydrogen) atoms. The van der Waals surface area contributed by atoms with Crippen molar-refractivity contribution in [3.8, 4) is 0 Å². The second-order valence-corrected chi connectivity index (χ2v) is 6.51. The molecule has 0 bridgehead atoms. The van der Waals surface area contributed by atoms with Gasteiger partial charge in [0.25, 0.3) is 0 Å². The van der Waals surface area contributed by atoms with Crippen molar-refractivity contribution in [2.24, 2.45) is 0 Å². The molecule has 0 aromatic rings. The van der Waals surface area contributed by atoms with Crippen LogP contribution in [-0.2, 0) is 28.4 Å². The van der Waals surface area contributed by atoms with Crippen LogP contribution in [0.25, 0.3) is 0 Å². The van der Waals surface area contributed by atoms with Crippen LogP contribution < -0.4 is 0 Å².